The summed E-state index contributed by atoms with van der Waals surface area (Å²) >= 11 is 0. The average Bonchev–Trinajstić information content (AvgIpc) is 2.77. The maximum atomic E-state index is 12.7. The Balaban J connectivity index is 1.80. The van der Waals surface area contributed by atoms with E-state index in [9.17, 15) is 19.8 Å². The molecule has 0 spiro atoms. The second-order valence-electron chi connectivity index (χ2n) is 7.97. The Morgan fingerprint density at radius 2 is 1.81 bits per heavy atom. The number of carbonyl (C=O) groups is 2. The molecule has 172 valence electrons. The highest BCUT2D eigenvalue weighted by Crippen LogP contribution is 2.28. The van der Waals surface area contributed by atoms with Gasteiger partial charge in [-0.05, 0) is 56.2 Å². The van der Waals surface area contributed by atoms with Crippen LogP contribution in [0.1, 0.15) is 54.4 Å². The van der Waals surface area contributed by atoms with Crippen LogP contribution in [0.4, 0.5) is 0 Å². The summed E-state index contributed by atoms with van der Waals surface area (Å²) < 4.78 is 0. The van der Waals surface area contributed by atoms with Crippen molar-refractivity contribution in [1.29, 1.82) is 0 Å². The minimum atomic E-state index is -0.424. The van der Waals surface area contributed by atoms with Gasteiger partial charge >= 0.3 is 0 Å². The van der Waals surface area contributed by atoms with Crippen molar-refractivity contribution in [2.45, 2.75) is 44.9 Å². The number of oxime groups is 1. The van der Waals surface area contributed by atoms with Gasteiger partial charge in [0.25, 0.3) is 11.8 Å². The molecule has 1 fully saturated rings. The van der Waals surface area contributed by atoms with Crippen LogP contribution in [-0.4, -0.2) is 58.9 Å². The highest BCUT2D eigenvalue weighted by atomic mass is 16.6. The van der Waals surface area contributed by atoms with E-state index in [1.54, 1.807) is 11.0 Å². The third-order valence-electron chi connectivity index (χ3n) is 5.43. The monoisotopic (exact) mass is 441 g/mol. The zero-order valence-corrected chi connectivity index (χ0v) is 18.3. The molecule has 0 radical (unpaired) electrons. The normalized spacial score (nSPS) is 19.2. The number of amides is 2. The van der Waals surface area contributed by atoms with Crippen LogP contribution in [0.25, 0.3) is 0 Å². The Kier molecular flexibility index (Phi) is 8.71. The molecule has 1 saturated heterocycles. The SMILES string of the molecule is O=C1NCCC=CCCC=CC(=NOCC(=O)N2CCCCC2)Cc2cc(O)cc(O)c21. The van der Waals surface area contributed by atoms with Crippen LogP contribution >= 0.6 is 0 Å². The first-order valence-electron chi connectivity index (χ1n) is 11.2. The molecule has 8 nitrogen and oxygen atoms in total. The molecule has 0 bridgehead atoms. The fraction of sp³-hybridized carbons (Fsp3) is 0.458. The summed E-state index contributed by atoms with van der Waals surface area (Å²) in [6, 6.07) is 2.57. The van der Waals surface area contributed by atoms with Crippen molar-refractivity contribution >= 4 is 17.5 Å². The lowest BCUT2D eigenvalue weighted by Crippen LogP contribution is -2.37. The van der Waals surface area contributed by atoms with E-state index in [-0.39, 0.29) is 36.0 Å². The van der Waals surface area contributed by atoms with Gasteiger partial charge in [0.2, 0.25) is 0 Å². The second kappa shape index (κ2) is 11.9. The van der Waals surface area contributed by atoms with Gasteiger partial charge in [0.15, 0.2) is 6.61 Å². The van der Waals surface area contributed by atoms with Gasteiger partial charge in [-0.25, -0.2) is 0 Å². The number of allylic oxidation sites excluding steroid dienone is 3. The van der Waals surface area contributed by atoms with Crippen molar-refractivity contribution in [3.05, 3.63) is 47.6 Å². The molecule has 0 saturated carbocycles. The number of nitrogens with one attached hydrogen (secondary N) is 1. The number of aromatic hydroxyl groups is 2. The third kappa shape index (κ3) is 6.87. The van der Waals surface area contributed by atoms with Gasteiger partial charge in [-0.1, -0.05) is 23.4 Å². The molecule has 2 amide bonds. The molecule has 3 rings (SSSR count). The van der Waals surface area contributed by atoms with E-state index in [0.29, 0.717) is 24.2 Å². The molecule has 8 heteroatoms. The van der Waals surface area contributed by atoms with Crippen LogP contribution in [0, 0.1) is 0 Å². The molecule has 1 aromatic rings. The van der Waals surface area contributed by atoms with E-state index >= 15 is 0 Å². The van der Waals surface area contributed by atoms with Crippen LogP contribution in [0.2, 0.25) is 0 Å². The molecule has 3 N–H and O–H groups in total. The molecule has 2 aliphatic heterocycles. The van der Waals surface area contributed by atoms with Gasteiger partial charge in [0, 0.05) is 32.1 Å². The van der Waals surface area contributed by atoms with E-state index < -0.39 is 5.91 Å². The summed E-state index contributed by atoms with van der Waals surface area (Å²) in [5, 5.41) is 27.2. The van der Waals surface area contributed by atoms with E-state index in [0.717, 1.165) is 51.3 Å². The second-order valence-corrected chi connectivity index (χ2v) is 7.97. The number of hydrogen-bond donors (Lipinski definition) is 3. The van der Waals surface area contributed by atoms with Gasteiger partial charge in [0.1, 0.15) is 11.5 Å². The number of benzene rings is 1. The number of hydrogen-bond acceptors (Lipinski definition) is 6. The quantitative estimate of drug-likeness (QED) is 0.493. The van der Waals surface area contributed by atoms with Crippen LogP contribution < -0.4 is 5.32 Å². The van der Waals surface area contributed by atoms with E-state index in [2.05, 4.69) is 16.5 Å². The molecule has 0 aliphatic carbocycles. The lowest BCUT2D eigenvalue weighted by atomic mass is 9.99. The number of phenols is 2. The van der Waals surface area contributed by atoms with Gasteiger partial charge in [0.05, 0.1) is 11.3 Å². The van der Waals surface area contributed by atoms with E-state index in [1.165, 1.54) is 6.07 Å². The minimum absolute atomic E-state index is 0.0920. The largest absolute Gasteiger partial charge is 0.508 e. The van der Waals surface area contributed by atoms with E-state index in [1.807, 2.05) is 12.2 Å². The topological polar surface area (TPSA) is 111 Å². The van der Waals surface area contributed by atoms with Crippen molar-refractivity contribution < 1.29 is 24.6 Å². The molecule has 1 aromatic carbocycles. The predicted molar refractivity (Wildman–Crippen MR) is 122 cm³/mol. The van der Waals surface area contributed by atoms with Gasteiger partial charge in [-0.3, -0.25) is 9.59 Å². The van der Waals surface area contributed by atoms with Crippen molar-refractivity contribution in [1.82, 2.24) is 10.2 Å². The van der Waals surface area contributed by atoms with Crippen LogP contribution in [0.5, 0.6) is 11.5 Å². The zero-order valence-electron chi connectivity index (χ0n) is 18.3. The molecular weight excluding hydrogens is 410 g/mol. The smallest absolute Gasteiger partial charge is 0.263 e. The van der Waals surface area contributed by atoms with Crippen LogP contribution in [0.15, 0.2) is 41.6 Å². The van der Waals surface area contributed by atoms with Crippen molar-refractivity contribution in [3.8, 4) is 11.5 Å². The van der Waals surface area contributed by atoms with Gasteiger partial charge in [-0.2, -0.15) is 0 Å². The fourth-order valence-corrected chi connectivity index (χ4v) is 3.80. The summed E-state index contributed by atoms with van der Waals surface area (Å²) in [6.07, 6.45) is 13.4. The maximum absolute atomic E-state index is 12.7. The summed E-state index contributed by atoms with van der Waals surface area (Å²) in [5.41, 5.74) is 0.993. The number of piperidine rings is 1. The Morgan fingerprint density at radius 1 is 1.06 bits per heavy atom. The predicted octanol–water partition coefficient (Wildman–Crippen LogP) is 3.05. The lowest BCUT2D eigenvalue weighted by molar-refractivity contribution is -0.137. The molecule has 2 heterocycles. The van der Waals surface area contributed by atoms with Crippen LogP contribution in [0.3, 0.4) is 0 Å². The Bertz CT molecular complexity index is 901. The first-order valence-corrected chi connectivity index (χ1v) is 11.2. The molecule has 32 heavy (non-hydrogen) atoms. The zero-order chi connectivity index (χ0) is 22.8. The molecular formula is C24H31N3O5. The number of phenolic OH excluding ortho intramolecular Hbond substituents is 2. The Labute approximate surface area is 188 Å². The number of rotatable bonds is 3. The lowest BCUT2D eigenvalue weighted by Gasteiger charge is -2.26. The highest BCUT2D eigenvalue weighted by molar-refractivity contribution is 6.02. The first kappa shape index (κ1) is 23.4. The van der Waals surface area contributed by atoms with Gasteiger partial charge < -0.3 is 25.3 Å². The minimum Gasteiger partial charge on any atom is -0.508 e. The number of likely N-dealkylation sites (tertiary alicyclic amines) is 1. The summed E-state index contributed by atoms with van der Waals surface area (Å²) in [6.45, 7) is 1.77. The number of nitrogens with zero attached hydrogens (tertiary/aromatic N) is 2. The third-order valence-corrected chi connectivity index (χ3v) is 5.43. The van der Waals surface area contributed by atoms with Crippen molar-refractivity contribution in [3.63, 3.8) is 0 Å². The Hall–Kier alpha value is -3.29. The van der Waals surface area contributed by atoms with Crippen molar-refractivity contribution in [2.24, 2.45) is 5.16 Å². The molecule has 2 aliphatic rings. The Morgan fingerprint density at radius 3 is 2.62 bits per heavy atom. The maximum Gasteiger partial charge on any atom is 0.263 e. The summed E-state index contributed by atoms with van der Waals surface area (Å²) in [7, 11) is 0. The summed E-state index contributed by atoms with van der Waals surface area (Å²) in [4.78, 5) is 32.2. The number of fused-ring (bicyclic) bond motifs is 1. The standard InChI is InChI=1S/C24H31N3O5/c28-20-15-18-14-19(26-32-17-22(30)27-12-8-5-9-13-27)10-6-3-1-2-4-7-11-25-24(31)23(18)21(29)16-20/h2,4,6,10,15-16,28-29H,1,3,5,7-9,11-14,17H2,(H,25,31). The first-order chi connectivity index (χ1) is 15.5. The van der Waals surface area contributed by atoms with Gasteiger partial charge in [-0.15, -0.1) is 0 Å². The average molecular weight is 442 g/mol. The highest BCUT2D eigenvalue weighted by Gasteiger charge is 2.20. The fourth-order valence-electron chi connectivity index (χ4n) is 3.80. The van der Waals surface area contributed by atoms with Crippen LogP contribution in [-0.2, 0) is 16.1 Å². The molecule has 0 aromatic heterocycles. The molecule has 0 unspecified atom stereocenters. The van der Waals surface area contributed by atoms with E-state index in [4.69, 9.17) is 4.84 Å². The summed E-state index contributed by atoms with van der Waals surface area (Å²) in [5.74, 6) is -0.973. The molecule has 0 atom stereocenters. The number of carbonyl (C=O) groups excluding carboxylic acids is 2. The van der Waals surface area contributed by atoms with Crippen molar-refractivity contribution in [2.75, 3.05) is 26.2 Å².